The Balaban J connectivity index is 2.26. The van der Waals surface area contributed by atoms with Crippen LogP contribution in [0.25, 0.3) is 0 Å². The number of carbonyl (C=O) groups is 1. The van der Waals surface area contributed by atoms with Crippen LogP contribution in [0.2, 0.25) is 0 Å². The maximum absolute atomic E-state index is 11.9. The van der Waals surface area contributed by atoms with Gasteiger partial charge in [-0.2, -0.15) is 0 Å². The number of benzene rings is 1. The van der Waals surface area contributed by atoms with Gasteiger partial charge in [0, 0.05) is 26.3 Å². The largest absolute Gasteiger partial charge is 0.385 e. The summed E-state index contributed by atoms with van der Waals surface area (Å²) in [5.74, 6) is 0.0426. The van der Waals surface area contributed by atoms with Crippen molar-refractivity contribution in [2.24, 2.45) is 0 Å². The molecule has 1 aromatic rings. The molecule has 0 saturated heterocycles. The Hall–Kier alpha value is -1.39. The van der Waals surface area contributed by atoms with Gasteiger partial charge in [0.1, 0.15) is 0 Å². The minimum Gasteiger partial charge on any atom is -0.385 e. The second kappa shape index (κ2) is 9.50. The smallest absolute Gasteiger partial charge is 0.236 e. The maximum Gasteiger partial charge on any atom is 0.236 e. The highest BCUT2D eigenvalue weighted by atomic mass is 16.5. The summed E-state index contributed by atoms with van der Waals surface area (Å²) in [7, 11) is 1.66. The van der Waals surface area contributed by atoms with E-state index in [0.717, 1.165) is 12.8 Å². The summed E-state index contributed by atoms with van der Waals surface area (Å²) in [6.07, 6.45) is 1.76. The summed E-state index contributed by atoms with van der Waals surface area (Å²) in [5.41, 5.74) is 1.28. The first-order valence-corrected chi connectivity index (χ1v) is 7.20. The summed E-state index contributed by atoms with van der Waals surface area (Å²) in [6.45, 7) is 5.33. The third-order valence-corrected chi connectivity index (χ3v) is 3.14. The number of rotatable bonds is 9. The molecule has 1 amide bonds. The van der Waals surface area contributed by atoms with Crippen molar-refractivity contribution in [1.29, 1.82) is 0 Å². The Morgan fingerprint density at radius 1 is 1.25 bits per heavy atom. The first-order valence-electron chi connectivity index (χ1n) is 7.20. The summed E-state index contributed by atoms with van der Waals surface area (Å²) in [4.78, 5) is 11.9. The number of hydrogen-bond acceptors (Lipinski definition) is 3. The van der Waals surface area contributed by atoms with Gasteiger partial charge in [0.15, 0.2) is 0 Å². The average molecular weight is 278 g/mol. The van der Waals surface area contributed by atoms with Crippen LogP contribution in [-0.4, -0.2) is 38.3 Å². The topological polar surface area (TPSA) is 50.4 Å². The van der Waals surface area contributed by atoms with Crippen LogP contribution >= 0.6 is 0 Å². The normalized spacial score (nSPS) is 13.8. The molecule has 0 aliphatic rings. The molecule has 0 aliphatic heterocycles. The molecule has 1 rings (SSSR count). The quantitative estimate of drug-likeness (QED) is 0.677. The van der Waals surface area contributed by atoms with Gasteiger partial charge in [-0.05, 0) is 32.3 Å². The molecule has 0 heterocycles. The van der Waals surface area contributed by atoms with Crippen molar-refractivity contribution in [1.82, 2.24) is 10.6 Å². The molecule has 20 heavy (non-hydrogen) atoms. The van der Waals surface area contributed by atoms with Crippen LogP contribution in [0.4, 0.5) is 0 Å². The fourth-order valence-corrected chi connectivity index (χ4v) is 2.11. The standard InChI is InChI=1S/C16H26N2O2/c1-13(12-15-8-5-4-6-9-15)18-14(2)16(19)17-10-7-11-20-3/h4-6,8-9,13-14,18H,7,10-12H2,1-3H3,(H,17,19). The maximum atomic E-state index is 11.9. The van der Waals surface area contributed by atoms with Gasteiger partial charge in [0.25, 0.3) is 0 Å². The summed E-state index contributed by atoms with van der Waals surface area (Å²) in [6, 6.07) is 10.4. The number of amides is 1. The van der Waals surface area contributed by atoms with E-state index >= 15 is 0 Å². The van der Waals surface area contributed by atoms with E-state index in [2.05, 4.69) is 29.7 Å². The van der Waals surface area contributed by atoms with E-state index in [4.69, 9.17) is 4.74 Å². The molecular weight excluding hydrogens is 252 g/mol. The van der Waals surface area contributed by atoms with E-state index in [0.29, 0.717) is 13.2 Å². The first-order chi connectivity index (χ1) is 9.63. The highest BCUT2D eigenvalue weighted by Gasteiger charge is 2.14. The van der Waals surface area contributed by atoms with Crippen LogP contribution in [0.3, 0.4) is 0 Å². The van der Waals surface area contributed by atoms with Gasteiger partial charge < -0.3 is 15.4 Å². The van der Waals surface area contributed by atoms with Gasteiger partial charge in [-0.15, -0.1) is 0 Å². The Morgan fingerprint density at radius 2 is 1.95 bits per heavy atom. The van der Waals surface area contributed by atoms with Crippen LogP contribution in [0.15, 0.2) is 30.3 Å². The molecule has 0 aliphatic carbocycles. The Morgan fingerprint density at radius 3 is 2.60 bits per heavy atom. The van der Waals surface area contributed by atoms with E-state index in [1.165, 1.54) is 5.56 Å². The van der Waals surface area contributed by atoms with Gasteiger partial charge in [0.05, 0.1) is 6.04 Å². The van der Waals surface area contributed by atoms with Gasteiger partial charge in [-0.1, -0.05) is 30.3 Å². The molecule has 2 unspecified atom stereocenters. The molecule has 0 aromatic heterocycles. The molecule has 4 nitrogen and oxygen atoms in total. The highest BCUT2D eigenvalue weighted by Crippen LogP contribution is 2.03. The molecule has 0 spiro atoms. The zero-order valence-electron chi connectivity index (χ0n) is 12.7. The predicted molar refractivity (Wildman–Crippen MR) is 81.7 cm³/mol. The Kier molecular flexibility index (Phi) is 7.92. The van der Waals surface area contributed by atoms with Crippen LogP contribution in [0.1, 0.15) is 25.8 Å². The van der Waals surface area contributed by atoms with Crippen LogP contribution in [0.5, 0.6) is 0 Å². The molecule has 4 heteroatoms. The highest BCUT2D eigenvalue weighted by molar-refractivity contribution is 5.81. The molecular formula is C16H26N2O2. The van der Waals surface area contributed by atoms with E-state index < -0.39 is 0 Å². The fourth-order valence-electron chi connectivity index (χ4n) is 2.11. The second-order valence-electron chi connectivity index (χ2n) is 5.12. The molecule has 2 N–H and O–H groups in total. The van der Waals surface area contributed by atoms with E-state index in [9.17, 15) is 4.79 Å². The van der Waals surface area contributed by atoms with Gasteiger partial charge >= 0.3 is 0 Å². The average Bonchev–Trinajstić information content (AvgIpc) is 2.44. The van der Waals surface area contributed by atoms with Crippen LogP contribution in [0, 0.1) is 0 Å². The Bertz CT molecular complexity index is 381. The molecule has 0 saturated carbocycles. The fraction of sp³-hybridized carbons (Fsp3) is 0.562. The van der Waals surface area contributed by atoms with E-state index in [1.807, 2.05) is 25.1 Å². The lowest BCUT2D eigenvalue weighted by molar-refractivity contribution is -0.122. The van der Waals surface area contributed by atoms with Crippen molar-refractivity contribution in [3.8, 4) is 0 Å². The van der Waals surface area contributed by atoms with Gasteiger partial charge in [0.2, 0.25) is 5.91 Å². The first kappa shape index (κ1) is 16.7. The second-order valence-corrected chi connectivity index (χ2v) is 5.12. The van der Waals surface area contributed by atoms with E-state index in [1.54, 1.807) is 7.11 Å². The lowest BCUT2D eigenvalue weighted by Gasteiger charge is -2.19. The predicted octanol–water partition coefficient (Wildman–Crippen LogP) is 1.75. The monoisotopic (exact) mass is 278 g/mol. The number of carbonyl (C=O) groups excluding carboxylic acids is 1. The molecule has 0 fully saturated rings. The number of nitrogens with one attached hydrogen (secondary N) is 2. The zero-order chi connectivity index (χ0) is 14.8. The number of methoxy groups -OCH3 is 1. The SMILES string of the molecule is COCCCNC(=O)C(C)NC(C)Cc1ccccc1. The third kappa shape index (κ3) is 6.68. The van der Waals surface area contributed by atoms with Gasteiger partial charge in [-0.25, -0.2) is 0 Å². The minimum absolute atomic E-state index is 0.0426. The number of ether oxygens (including phenoxy) is 1. The van der Waals surface area contributed by atoms with Crippen LogP contribution in [-0.2, 0) is 16.0 Å². The molecule has 1 aromatic carbocycles. The molecule has 0 bridgehead atoms. The van der Waals surface area contributed by atoms with Crippen molar-refractivity contribution < 1.29 is 9.53 Å². The molecule has 0 radical (unpaired) electrons. The minimum atomic E-state index is -0.184. The third-order valence-electron chi connectivity index (χ3n) is 3.14. The summed E-state index contributed by atoms with van der Waals surface area (Å²) >= 11 is 0. The van der Waals surface area contributed by atoms with E-state index in [-0.39, 0.29) is 18.0 Å². The summed E-state index contributed by atoms with van der Waals surface area (Å²) in [5, 5.41) is 6.23. The van der Waals surface area contributed by atoms with Crippen molar-refractivity contribution in [3.05, 3.63) is 35.9 Å². The summed E-state index contributed by atoms with van der Waals surface area (Å²) < 4.78 is 4.95. The van der Waals surface area contributed by atoms with Gasteiger partial charge in [-0.3, -0.25) is 4.79 Å². The lowest BCUT2D eigenvalue weighted by atomic mass is 10.1. The van der Waals surface area contributed by atoms with Crippen molar-refractivity contribution in [2.75, 3.05) is 20.3 Å². The molecule has 2 atom stereocenters. The van der Waals surface area contributed by atoms with Crippen LogP contribution < -0.4 is 10.6 Å². The van der Waals surface area contributed by atoms with Crippen molar-refractivity contribution >= 4 is 5.91 Å². The lowest BCUT2D eigenvalue weighted by Crippen LogP contribution is -2.46. The van der Waals surface area contributed by atoms with Crippen molar-refractivity contribution in [3.63, 3.8) is 0 Å². The molecule has 112 valence electrons. The van der Waals surface area contributed by atoms with Crippen molar-refractivity contribution in [2.45, 2.75) is 38.8 Å². The zero-order valence-corrected chi connectivity index (χ0v) is 12.7. The Labute approximate surface area is 121 Å². The number of hydrogen-bond donors (Lipinski definition) is 2.